The number of likely N-dealkylation sites (N-methyl/N-ethyl adjacent to an activating group) is 1. The van der Waals surface area contributed by atoms with E-state index in [0.717, 1.165) is 0 Å². The summed E-state index contributed by atoms with van der Waals surface area (Å²) in [5.41, 5.74) is -0.0988. The molecule has 86 valence electrons. The topological polar surface area (TPSA) is 91.3 Å². The number of nitrogens with zero attached hydrogens (tertiary/aromatic N) is 1. The summed E-state index contributed by atoms with van der Waals surface area (Å²) in [7, 11) is 1.48. The van der Waals surface area contributed by atoms with E-state index < -0.39 is 11.9 Å². The molecule has 0 aromatic carbocycles. The van der Waals surface area contributed by atoms with Gasteiger partial charge in [-0.15, -0.1) is 0 Å². The van der Waals surface area contributed by atoms with Gasteiger partial charge in [0.25, 0.3) is 5.91 Å². The highest BCUT2D eigenvalue weighted by molar-refractivity contribution is 5.97. The van der Waals surface area contributed by atoms with Crippen molar-refractivity contribution in [2.24, 2.45) is 0 Å². The fourth-order valence-corrected chi connectivity index (χ4v) is 1.12. The second kappa shape index (κ2) is 5.11. The van der Waals surface area contributed by atoms with Gasteiger partial charge < -0.3 is 15.7 Å². The average molecular weight is 223 g/mol. The maximum Gasteiger partial charge on any atom is 0.274 e. The lowest BCUT2D eigenvalue weighted by molar-refractivity contribution is -0.122. The van der Waals surface area contributed by atoms with Crippen LogP contribution in [0.3, 0.4) is 0 Å². The van der Waals surface area contributed by atoms with Crippen LogP contribution in [-0.2, 0) is 4.79 Å². The highest BCUT2D eigenvalue weighted by atomic mass is 16.3. The van der Waals surface area contributed by atoms with Crippen molar-refractivity contribution >= 4 is 11.8 Å². The molecule has 0 fully saturated rings. The molecule has 6 heteroatoms. The molecule has 0 bridgehead atoms. The third-order valence-corrected chi connectivity index (χ3v) is 1.99. The SMILES string of the molecule is CNC(=O)C(C)NC(=O)c1ncccc1O. The highest BCUT2D eigenvalue weighted by Crippen LogP contribution is 2.11. The van der Waals surface area contributed by atoms with E-state index in [1.807, 2.05) is 0 Å². The van der Waals surface area contributed by atoms with Crippen molar-refractivity contribution in [2.45, 2.75) is 13.0 Å². The van der Waals surface area contributed by atoms with Crippen LogP contribution in [0.4, 0.5) is 0 Å². The monoisotopic (exact) mass is 223 g/mol. The average Bonchev–Trinajstić information content (AvgIpc) is 2.28. The molecule has 1 heterocycles. The van der Waals surface area contributed by atoms with Gasteiger partial charge in [-0.05, 0) is 19.1 Å². The van der Waals surface area contributed by atoms with E-state index in [2.05, 4.69) is 15.6 Å². The van der Waals surface area contributed by atoms with E-state index in [1.165, 1.54) is 32.3 Å². The Kier molecular flexibility index (Phi) is 3.82. The Bertz CT molecular complexity index is 406. The first-order valence-corrected chi connectivity index (χ1v) is 4.72. The lowest BCUT2D eigenvalue weighted by Gasteiger charge is -2.12. The number of aromatic hydroxyl groups is 1. The van der Waals surface area contributed by atoms with Gasteiger partial charge >= 0.3 is 0 Å². The van der Waals surface area contributed by atoms with Crippen molar-refractivity contribution in [3.8, 4) is 5.75 Å². The summed E-state index contributed by atoms with van der Waals surface area (Å²) < 4.78 is 0. The molecule has 3 N–H and O–H groups in total. The van der Waals surface area contributed by atoms with Gasteiger partial charge in [0.2, 0.25) is 5.91 Å². The van der Waals surface area contributed by atoms with Gasteiger partial charge in [-0.1, -0.05) is 0 Å². The molecule has 1 aromatic heterocycles. The van der Waals surface area contributed by atoms with Crippen molar-refractivity contribution in [1.82, 2.24) is 15.6 Å². The summed E-state index contributed by atoms with van der Waals surface area (Å²) in [6.45, 7) is 1.54. The zero-order chi connectivity index (χ0) is 12.1. The molecule has 16 heavy (non-hydrogen) atoms. The molecule has 0 radical (unpaired) electrons. The lowest BCUT2D eigenvalue weighted by Crippen LogP contribution is -2.43. The van der Waals surface area contributed by atoms with Crippen LogP contribution in [0.5, 0.6) is 5.75 Å². The second-order valence-corrected chi connectivity index (χ2v) is 3.18. The van der Waals surface area contributed by atoms with Crippen LogP contribution >= 0.6 is 0 Å². The minimum absolute atomic E-state index is 0.0988. The standard InChI is InChI=1S/C10H13N3O3/c1-6(9(15)11-2)13-10(16)8-7(14)4-3-5-12-8/h3-6,14H,1-2H3,(H,11,15)(H,13,16). The molecule has 1 atom stereocenters. The summed E-state index contributed by atoms with van der Waals surface area (Å²) in [6.07, 6.45) is 1.39. The molecule has 6 nitrogen and oxygen atoms in total. The molecule has 0 aliphatic heterocycles. The zero-order valence-electron chi connectivity index (χ0n) is 9.02. The molecule has 2 amide bonds. The van der Waals surface area contributed by atoms with Gasteiger partial charge in [0.1, 0.15) is 11.8 Å². The van der Waals surface area contributed by atoms with E-state index in [1.54, 1.807) is 0 Å². The molecule has 0 saturated carbocycles. The van der Waals surface area contributed by atoms with Gasteiger partial charge in [0.15, 0.2) is 5.69 Å². The molecule has 0 aliphatic carbocycles. The number of pyridine rings is 1. The van der Waals surface area contributed by atoms with E-state index >= 15 is 0 Å². The minimum Gasteiger partial charge on any atom is -0.505 e. The van der Waals surface area contributed by atoms with Crippen LogP contribution in [0.1, 0.15) is 17.4 Å². The number of nitrogens with one attached hydrogen (secondary N) is 2. The molecular weight excluding hydrogens is 210 g/mol. The molecule has 0 spiro atoms. The third kappa shape index (κ3) is 2.69. The number of carbonyl (C=O) groups excluding carboxylic acids is 2. The van der Waals surface area contributed by atoms with Crippen LogP contribution in [0.15, 0.2) is 18.3 Å². The number of hydrogen-bond acceptors (Lipinski definition) is 4. The van der Waals surface area contributed by atoms with Gasteiger partial charge in [-0.2, -0.15) is 0 Å². The van der Waals surface area contributed by atoms with E-state index in [0.29, 0.717) is 0 Å². The Morgan fingerprint density at radius 2 is 2.19 bits per heavy atom. The first kappa shape index (κ1) is 12.0. The normalized spacial score (nSPS) is 11.6. The molecular formula is C10H13N3O3. The highest BCUT2D eigenvalue weighted by Gasteiger charge is 2.18. The minimum atomic E-state index is -0.682. The molecule has 0 aliphatic rings. The summed E-state index contributed by atoms with van der Waals surface area (Å²) in [4.78, 5) is 26.5. The summed E-state index contributed by atoms with van der Waals surface area (Å²) in [5, 5.41) is 14.2. The van der Waals surface area contributed by atoms with E-state index in [4.69, 9.17) is 0 Å². The molecule has 0 saturated heterocycles. The van der Waals surface area contributed by atoms with Gasteiger partial charge in [0.05, 0.1) is 0 Å². The van der Waals surface area contributed by atoms with Crippen LogP contribution in [0, 0.1) is 0 Å². The Morgan fingerprint density at radius 3 is 2.75 bits per heavy atom. The van der Waals surface area contributed by atoms with Crippen molar-refractivity contribution in [3.05, 3.63) is 24.0 Å². The largest absolute Gasteiger partial charge is 0.505 e. The maximum atomic E-state index is 11.6. The predicted octanol–water partition coefficient (Wildman–Crippen LogP) is -0.348. The zero-order valence-corrected chi connectivity index (χ0v) is 9.02. The van der Waals surface area contributed by atoms with Crippen molar-refractivity contribution in [2.75, 3.05) is 7.05 Å². The lowest BCUT2D eigenvalue weighted by atomic mass is 10.2. The van der Waals surface area contributed by atoms with Crippen LogP contribution < -0.4 is 10.6 Å². The molecule has 1 rings (SSSR count). The summed E-state index contributed by atoms with van der Waals surface area (Å²) >= 11 is 0. The Balaban J connectivity index is 2.73. The first-order valence-electron chi connectivity index (χ1n) is 4.72. The second-order valence-electron chi connectivity index (χ2n) is 3.18. The van der Waals surface area contributed by atoms with Crippen LogP contribution in [0.2, 0.25) is 0 Å². The molecule has 1 unspecified atom stereocenters. The third-order valence-electron chi connectivity index (χ3n) is 1.99. The molecule has 1 aromatic rings. The first-order chi connectivity index (χ1) is 7.56. The van der Waals surface area contributed by atoms with Crippen LogP contribution in [0.25, 0.3) is 0 Å². The maximum absolute atomic E-state index is 11.6. The van der Waals surface area contributed by atoms with E-state index in [-0.39, 0.29) is 17.4 Å². The van der Waals surface area contributed by atoms with Crippen molar-refractivity contribution < 1.29 is 14.7 Å². The summed E-state index contributed by atoms with van der Waals surface area (Å²) in [6, 6.07) is 2.18. The number of rotatable bonds is 3. The van der Waals surface area contributed by atoms with Crippen LogP contribution in [-0.4, -0.2) is 35.0 Å². The fraction of sp³-hybridized carbons (Fsp3) is 0.300. The Labute approximate surface area is 92.7 Å². The number of hydrogen-bond donors (Lipinski definition) is 3. The van der Waals surface area contributed by atoms with E-state index in [9.17, 15) is 14.7 Å². The van der Waals surface area contributed by atoms with Gasteiger partial charge in [0, 0.05) is 13.2 Å². The fourth-order valence-electron chi connectivity index (χ4n) is 1.12. The number of amides is 2. The Hall–Kier alpha value is -2.11. The number of aromatic nitrogens is 1. The Morgan fingerprint density at radius 1 is 1.50 bits per heavy atom. The van der Waals surface area contributed by atoms with Gasteiger partial charge in [-0.25, -0.2) is 4.98 Å². The van der Waals surface area contributed by atoms with Crippen molar-refractivity contribution in [1.29, 1.82) is 0 Å². The smallest absolute Gasteiger partial charge is 0.274 e. The predicted molar refractivity (Wildman–Crippen MR) is 56.9 cm³/mol. The quantitative estimate of drug-likeness (QED) is 0.653. The number of carbonyl (C=O) groups is 2. The summed E-state index contributed by atoms with van der Waals surface area (Å²) in [5.74, 6) is -1.12. The van der Waals surface area contributed by atoms with Gasteiger partial charge in [-0.3, -0.25) is 9.59 Å². The van der Waals surface area contributed by atoms with Crippen molar-refractivity contribution in [3.63, 3.8) is 0 Å².